The first kappa shape index (κ1) is 20.5. The maximum absolute atomic E-state index is 13.0. The molecule has 10 heteroatoms. The van der Waals surface area contributed by atoms with Crippen molar-refractivity contribution in [2.45, 2.75) is 11.8 Å². The van der Waals surface area contributed by atoms with Gasteiger partial charge in [-0.15, -0.1) is 0 Å². The molecule has 0 aliphatic heterocycles. The summed E-state index contributed by atoms with van der Waals surface area (Å²) < 4.78 is 26.8. The van der Waals surface area contributed by atoms with E-state index in [2.05, 4.69) is 5.32 Å². The molecule has 0 aromatic heterocycles. The number of carbonyl (C=O) groups excluding carboxylic acids is 2. The van der Waals surface area contributed by atoms with Gasteiger partial charge in [0.1, 0.15) is 6.54 Å². The molecule has 1 amide bonds. The maximum Gasteiger partial charge on any atom is 0.264 e. The Morgan fingerprint density at radius 2 is 1.69 bits per heavy atom. The van der Waals surface area contributed by atoms with E-state index in [0.717, 1.165) is 4.31 Å². The molecule has 0 bridgehead atoms. The van der Waals surface area contributed by atoms with Crippen molar-refractivity contribution in [2.75, 3.05) is 16.2 Å². The van der Waals surface area contributed by atoms with Crippen molar-refractivity contribution < 1.29 is 18.0 Å². The summed E-state index contributed by atoms with van der Waals surface area (Å²) in [4.78, 5) is 22.4. The molecule has 0 radical (unpaired) electrons. The monoisotopic (exact) mass is 434 g/mol. The third-order valence-electron chi connectivity index (χ3n) is 3.23. The van der Waals surface area contributed by atoms with Crippen LogP contribution in [0.5, 0.6) is 0 Å². The van der Waals surface area contributed by atoms with Crippen LogP contribution in [0.3, 0.4) is 0 Å². The molecule has 0 saturated heterocycles. The summed E-state index contributed by atoms with van der Waals surface area (Å²) in [7, 11) is -4.16. The summed E-state index contributed by atoms with van der Waals surface area (Å²) in [6.07, 6.45) is 0. The van der Waals surface area contributed by atoms with Gasteiger partial charge >= 0.3 is 0 Å². The Labute approximate surface area is 165 Å². The fourth-order valence-corrected chi connectivity index (χ4v) is 4.21. The molecule has 0 aliphatic carbocycles. The largest absolute Gasteiger partial charge is 0.326 e. The van der Waals surface area contributed by atoms with Crippen LogP contribution in [-0.2, 0) is 19.6 Å². The van der Waals surface area contributed by atoms with E-state index in [1.165, 1.54) is 49.4 Å². The Morgan fingerprint density at radius 1 is 1.08 bits per heavy atom. The van der Waals surface area contributed by atoms with E-state index in [0.29, 0.717) is 5.69 Å². The number of sulfonamides is 1. The molecule has 138 valence electrons. The summed E-state index contributed by atoms with van der Waals surface area (Å²) in [5.41, 5.74) is 0.455. The lowest BCUT2D eigenvalue weighted by molar-refractivity contribution is -0.114. The summed E-state index contributed by atoms with van der Waals surface area (Å²) in [6, 6.07) is 9.85. The zero-order chi connectivity index (χ0) is 19.5. The van der Waals surface area contributed by atoms with Crippen LogP contribution in [0.15, 0.2) is 47.4 Å². The number of rotatable bonds is 6. The first-order chi connectivity index (χ1) is 12.1. The predicted octanol–water partition coefficient (Wildman–Crippen LogP) is 3.91. The van der Waals surface area contributed by atoms with E-state index in [9.17, 15) is 18.0 Å². The molecule has 26 heavy (non-hydrogen) atoms. The number of nitrogens with zero attached hydrogens (tertiary/aromatic N) is 1. The Bertz CT molecular complexity index is 946. The van der Waals surface area contributed by atoms with Gasteiger partial charge in [0, 0.05) is 12.6 Å². The van der Waals surface area contributed by atoms with Crippen LogP contribution in [-0.4, -0.2) is 26.1 Å². The summed E-state index contributed by atoms with van der Waals surface area (Å²) in [6.45, 7) is 0.705. The minimum absolute atomic E-state index is 0.0227. The van der Waals surface area contributed by atoms with E-state index in [4.69, 9.17) is 34.8 Å². The van der Waals surface area contributed by atoms with Gasteiger partial charge in [-0.05, 0) is 48.0 Å². The number of amides is 1. The number of anilines is 2. The molecule has 1 N–H and O–H groups in total. The highest BCUT2D eigenvalue weighted by Gasteiger charge is 2.28. The quantitative estimate of drug-likeness (QED) is 0.697. The summed E-state index contributed by atoms with van der Waals surface area (Å²) in [5, 5.41) is 1.75. The second-order valence-corrected chi connectivity index (χ2v) is 8.21. The van der Waals surface area contributed by atoms with Crippen molar-refractivity contribution in [3.63, 3.8) is 0 Å². The van der Waals surface area contributed by atoms with Gasteiger partial charge in [-0.1, -0.05) is 29.3 Å². The van der Waals surface area contributed by atoms with Crippen LogP contribution < -0.4 is 9.62 Å². The van der Waals surface area contributed by atoms with Gasteiger partial charge in [-0.3, -0.25) is 13.9 Å². The zero-order valence-electron chi connectivity index (χ0n) is 13.4. The van der Waals surface area contributed by atoms with E-state index in [1.807, 2.05) is 0 Å². The van der Waals surface area contributed by atoms with Gasteiger partial charge in [-0.2, -0.15) is 0 Å². The molecule has 0 heterocycles. The fraction of sp³-hybridized carbons (Fsp3) is 0.125. The van der Waals surface area contributed by atoms with Crippen molar-refractivity contribution >= 4 is 67.4 Å². The van der Waals surface area contributed by atoms with Gasteiger partial charge in [0.05, 0.1) is 20.6 Å². The number of halogens is 3. The Kier molecular flexibility index (Phi) is 6.52. The van der Waals surface area contributed by atoms with Crippen LogP contribution >= 0.6 is 34.8 Å². The van der Waals surface area contributed by atoms with Crippen LogP contribution in [0.25, 0.3) is 0 Å². The molecule has 0 unspecified atom stereocenters. The SMILES string of the molecule is CC(=O)Nc1ccc(S(=O)(=O)N(CC(=O)Cl)c2cccc(Cl)c2Cl)cc1. The Morgan fingerprint density at radius 3 is 2.23 bits per heavy atom. The van der Waals surface area contributed by atoms with Crippen molar-refractivity contribution in [3.05, 3.63) is 52.5 Å². The average molecular weight is 436 g/mol. The third-order valence-corrected chi connectivity index (χ3v) is 5.93. The molecule has 2 aromatic carbocycles. The van der Waals surface area contributed by atoms with E-state index in [-0.39, 0.29) is 26.5 Å². The highest BCUT2D eigenvalue weighted by atomic mass is 35.5. The number of benzene rings is 2. The molecule has 0 atom stereocenters. The van der Waals surface area contributed by atoms with Gasteiger partial charge in [0.2, 0.25) is 11.1 Å². The molecule has 6 nitrogen and oxygen atoms in total. The minimum Gasteiger partial charge on any atom is -0.326 e. The first-order valence-corrected chi connectivity index (χ1v) is 9.73. The van der Waals surface area contributed by atoms with E-state index < -0.39 is 21.8 Å². The summed E-state index contributed by atoms with van der Waals surface area (Å²) >= 11 is 17.5. The first-order valence-electron chi connectivity index (χ1n) is 7.15. The molecular weight excluding hydrogens is 423 g/mol. The highest BCUT2D eigenvalue weighted by Crippen LogP contribution is 2.35. The summed E-state index contributed by atoms with van der Waals surface area (Å²) in [5.74, 6) is -0.291. The fourth-order valence-electron chi connectivity index (χ4n) is 2.14. The second-order valence-electron chi connectivity index (χ2n) is 5.15. The van der Waals surface area contributed by atoms with Gasteiger partial charge in [0.15, 0.2) is 0 Å². The Balaban J connectivity index is 2.51. The van der Waals surface area contributed by atoms with Crippen LogP contribution in [0.2, 0.25) is 10.0 Å². The maximum atomic E-state index is 13.0. The zero-order valence-corrected chi connectivity index (χ0v) is 16.5. The lowest BCUT2D eigenvalue weighted by Crippen LogP contribution is -2.34. The van der Waals surface area contributed by atoms with Gasteiger partial charge < -0.3 is 5.32 Å². The van der Waals surface area contributed by atoms with Crippen LogP contribution in [0, 0.1) is 0 Å². The minimum atomic E-state index is -4.16. The van der Waals surface area contributed by atoms with E-state index >= 15 is 0 Å². The van der Waals surface area contributed by atoms with Crippen molar-refractivity contribution in [2.24, 2.45) is 0 Å². The smallest absolute Gasteiger partial charge is 0.264 e. The molecule has 2 rings (SSSR count). The average Bonchev–Trinajstić information content (AvgIpc) is 2.55. The molecule has 0 saturated carbocycles. The molecule has 0 spiro atoms. The topological polar surface area (TPSA) is 83.6 Å². The predicted molar refractivity (Wildman–Crippen MR) is 103 cm³/mol. The van der Waals surface area contributed by atoms with Crippen molar-refractivity contribution in [3.8, 4) is 0 Å². The lowest BCUT2D eigenvalue weighted by Gasteiger charge is -2.24. The van der Waals surface area contributed by atoms with Crippen LogP contribution in [0.4, 0.5) is 11.4 Å². The second kappa shape index (κ2) is 8.26. The van der Waals surface area contributed by atoms with Crippen molar-refractivity contribution in [1.29, 1.82) is 0 Å². The Hall–Kier alpha value is -1.80. The lowest BCUT2D eigenvalue weighted by atomic mass is 10.3. The highest BCUT2D eigenvalue weighted by molar-refractivity contribution is 7.92. The molecule has 0 aliphatic rings. The molecule has 0 fully saturated rings. The van der Waals surface area contributed by atoms with E-state index in [1.54, 1.807) is 0 Å². The standard InChI is InChI=1S/C16H13Cl3N2O4S/c1-10(22)20-11-5-7-12(8-6-11)26(24,25)21(9-15(18)23)14-4-2-3-13(17)16(14)19/h2-8H,9H2,1H3,(H,20,22). The van der Waals surface area contributed by atoms with Crippen molar-refractivity contribution in [1.82, 2.24) is 0 Å². The number of nitrogens with one attached hydrogen (secondary N) is 1. The van der Waals surface area contributed by atoms with Gasteiger partial charge in [-0.25, -0.2) is 8.42 Å². The van der Waals surface area contributed by atoms with Gasteiger partial charge in [0.25, 0.3) is 10.0 Å². The third kappa shape index (κ3) is 4.67. The number of hydrogen-bond acceptors (Lipinski definition) is 4. The number of hydrogen-bond donors (Lipinski definition) is 1. The number of carbonyl (C=O) groups is 2. The molecular formula is C16H13Cl3N2O4S. The van der Waals surface area contributed by atoms with Crippen LogP contribution in [0.1, 0.15) is 6.92 Å². The molecule has 2 aromatic rings. The normalized spacial score (nSPS) is 11.1.